The second-order valence-corrected chi connectivity index (χ2v) is 8.44. The Kier molecular flexibility index (Phi) is 5.53. The van der Waals surface area contributed by atoms with Gasteiger partial charge in [-0.1, -0.05) is 45.1 Å². The first-order valence-electron chi connectivity index (χ1n) is 6.45. The molecule has 6 heteroatoms. The van der Waals surface area contributed by atoms with E-state index in [-0.39, 0.29) is 11.2 Å². The summed E-state index contributed by atoms with van der Waals surface area (Å²) in [5, 5.41) is 0. The highest BCUT2D eigenvalue weighted by molar-refractivity contribution is 7.92. The molecular weight excluding hydrogens is 292 g/mol. The van der Waals surface area contributed by atoms with E-state index in [0.717, 1.165) is 5.56 Å². The zero-order chi connectivity index (χ0) is 15.4. The number of benzene rings is 1. The summed E-state index contributed by atoms with van der Waals surface area (Å²) in [5.74, 6) is 0.116. The molecule has 1 aromatic rings. The summed E-state index contributed by atoms with van der Waals surface area (Å²) in [6.07, 6.45) is 1.13. The van der Waals surface area contributed by atoms with Crippen LogP contribution in [0.25, 0.3) is 0 Å². The summed E-state index contributed by atoms with van der Waals surface area (Å²) >= 11 is 4.83. The van der Waals surface area contributed by atoms with Gasteiger partial charge in [-0.15, -0.1) is 0 Å². The highest BCUT2D eigenvalue weighted by Crippen LogP contribution is 2.20. The number of hydrogen-bond acceptors (Lipinski definition) is 3. The number of hydrogen-bond donors (Lipinski definition) is 2. The third-order valence-electron chi connectivity index (χ3n) is 2.73. The van der Waals surface area contributed by atoms with Crippen LogP contribution in [-0.2, 0) is 16.4 Å². The average Bonchev–Trinajstić information content (AvgIpc) is 2.28. The minimum Gasteiger partial charge on any atom is -0.393 e. The van der Waals surface area contributed by atoms with Crippen LogP contribution >= 0.6 is 12.2 Å². The van der Waals surface area contributed by atoms with Crippen LogP contribution in [0.3, 0.4) is 0 Å². The quantitative estimate of drug-likeness (QED) is 0.792. The lowest BCUT2D eigenvalue weighted by Gasteiger charge is -2.18. The highest BCUT2D eigenvalue weighted by atomic mass is 32.2. The van der Waals surface area contributed by atoms with Crippen molar-refractivity contribution in [2.45, 2.75) is 33.6 Å². The van der Waals surface area contributed by atoms with Crippen molar-refractivity contribution in [2.24, 2.45) is 11.1 Å². The van der Waals surface area contributed by atoms with Crippen molar-refractivity contribution in [3.05, 3.63) is 29.8 Å². The van der Waals surface area contributed by atoms with Gasteiger partial charge in [0.05, 0.1) is 10.7 Å². The maximum absolute atomic E-state index is 12.0. The zero-order valence-electron chi connectivity index (χ0n) is 12.1. The van der Waals surface area contributed by atoms with Gasteiger partial charge in [-0.25, -0.2) is 8.42 Å². The fourth-order valence-corrected chi connectivity index (χ4v) is 3.21. The lowest BCUT2D eigenvalue weighted by Crippen LogP contribution is -2.20. The molecule has 112 valence electrons. The van der Waals surface area contributed by atoms with E-state index < -0.39 is 10.0 Å². The standard InChI is InChI=1S/C14H22N2O2S2/c1-14(2,3)8-9-20(17,18)16-12-6-4-11(5-7-12)10-13(15)19/h4-7,16H,8-10H2,1-3H3,(H2,15,19). The van der Waals surface area contributed by atoms with Gasteiger partial charge in [0.1, 0.15) is 0 Å². The van der Waals surface area contributed by atoms with Crippen molar-refractivity contribution in [1.29, 1.82) is 0 Å². The Hall–Kier alpha value is -1.14. The number of thiocarbonyl (C=S) groups is 1. The molecule has 0 radical (unpaired) electrons. The van der Waals surface area contributed by atoms with Crippen molar-refractivity contribution in [3.63, 3.8) is 0 Å². The third-order valence-corrected chi connectivity index (χ3v) is 4.16. The van der Waals surface area contributed by atoms with Crippen molar-refractivity contribution >= 4 is 32.9 Å². The second-order valence-electron chi connectivity index (χ2n) is 6.07. The van der Waals surface area contributed by atoms with Crippen LogP contribution in [-0.4, -0.2) is 19.2 Å². The van der Waals surface area contributed by atoms with E-state index in [1.807, 2.05) is 32.9 Å². The van der Waals surface area contributed by atoms with Crippen LogP contribution in [0.5, 0.6) is 0 Å². The van der Waals surface area contributed by atoms with E-state index in [2.05, 4.69) is 4.72 Å². The fraction of sp³-hybridized carbons (Fsp3) is 0.500. The fourth-order valence-electron chi connectivity index (χ4n) is 1.56. The summed E-state index contributed by atoms with van der Waals surface area (Å²) < 4.78 is 26.5. The largest absolute Gasteiger partial charge is 0.393 e. The molecule has 0 unspecified atom stereocenters. The molecule has 1 rings (SSSR count). The Balaban J connectivity index is 2.66. The molecule has 0 heterocycles. The minimum absolute atomic E-state index is 0.00454. The topological polar surface area (TPSA) is 72.2 Å². The predicted molar refractivity (Wildman–Crippen MR) is 88.4 cm³/mol. The predicted octanol–water partition coefficient (Wildman–Crippen LogP) is 2.69. The molecular formula is C14H22N2O2S2. The van der Waals surface area contributed by atoms with Gasteiger partial charge >= 0.3 is 0 Å². The van der Waals surface area contributed by atoms with Gasteiger partial charge in [0.15, 0.2) is 0 Å². The summed E-state index contributed by atoms with van der Waals surface area (Å²) in [4.78, 5) is 0.420. The van der Waals surface area contributed by atoms with Gasteiger partial charge in [0.25, 0.3) is 0 Å². The van der Waals surface area contributed by atoms with Gasteiger partial charge in [-0.3, -0.25) is 4.72 Å². The Morgan fingerprint density at radius 3 is 2.25 bits per heavy atom. The van der Waals surface area contributed by atoms with Crippen LogP contribution in [0.4, 0.5) is 5.69 Å². The number of nitrogens with one attached hydrogen (secondary N) is 1. The summed E-state index contributed by atoms with van der Waals surface area (Å²) in [5.41, 5.74) is 6.99. The van der Waals surface area contributed by atoms with Gasteiger partial charge < -0.3 is 5.73 Å². The zero-order valence-corrected chi connectivity index (χ0v) is 13.8. The van der Waals surface area contributed by atoms with Crippen molar-refractivity contribution in [2.75, 3.05) is 10.5 Å². The normalized spacial score (nSPS) is 12.2. The van der Waals surface area contributed by atoms with Gasteiger partial charge in [-0.05, 0) is 29.5 Å². The molecule has 3 N–H and O–H groups in total. The number of rotatable bonds is 6. The van der Waals surface area contributed by atoms with Crippen LogP contribution in [0.15, 0.2) is 24.3 Å². The molecule has 20 heavy (non-hydrogen) atoms. The van der Waals surface area contributed by atoms with E-state index in [1.54, 1.807) is 12.1 Å². The van der Waals surface area contributed by atoms with Crippen LogP contribution in [0, 0.1) is 5.41 Å². The molecule has 1 aromatic carbocycles. The SMILES string of the molecule is CC(C)(C)CCS(=O)(=O)Nc1ccc(CC(N)=S)cc1. The van der Waals surface area contributed by atoms with Gasteiger partial charge in [0.2, 0.25) is 10.0 Å². The minimum atomic E-state index is -3.30. The number of nitrogens with two attached hydrogens (primary N) is 1. The molecule has 0 atom stereocenters. The molecule has 0 fully saturated rings. The van der Waals surface area contributed by atoms with E-state index in [0.29, 0.717) is 23.5 Å². The van der Waals surface area contributed by atoms with Gasteiger partial charge in [-0.2, -0.15) is 0 Å². The smallest absolute Gasteiger partial charge is 0.232 e. The molecule has 4 nitrogen and oxygen atoms in total. The maximum Gasteiger partial charge on any atom is 0.232 e. The Morgan fingerprint density at radius 1 is 1.25 bits per heavy atom. The Labute approximate surface area is 126 Å². The lowest BCUT2D eigenvalue weighted by molar-refractivity contribution is 0.397. The first-order chi connectivity index (χ1) is 9.07. The number of sulfonamides is 1. The van der Waals surface area contributed by atoms with Crippen molar-refractivity contribution < 1.29 is 8.42 Å². The molecule has 0 bridgehead atoms. The maximum atomic E-state index is 12.0. The van der Waals surface area contributed by atoms with E-state index in [4.69, 9.17) is 18.0 Å². The van der Waals surface area contributed by atoms with Crippen LogP contribution in [0.1, 0.15) is 32.8 Å². The van der Waals surface area contributed by atoms with Crippen LogP contribution in [0.2, 0.25) is 0 Å². The average molecular weight is 314 g/mol. The third kappa shape index (κ3) is 6.86. The molecule has 0 aliphatic heterocycles. The summed E-state index contributed by atoms with van der Waals surface area (Å²) in [6, 6.07) is 7.09. The lowest BCUT2D eigenvalue weighted by atomic mass is 9.94. The van der Waals surface area contributed by atoms with E-state index in [1.165, 1.54) is 0 Å². The molecule has 0 amide bonds. The monoisotopic (exact) mass is 314 g/mol. The summed E-state index contributed by atoms with van der Waals surface area (Å²) in [6.45, 7) is 6.06. The van der Waals surface area contributed by atoms with Crippen molar-refractivity contribution in [1.82, 2.24) is 0 Å². The van der Waals surface area contributed by atoms with Crippen molar-refractivity contribution in [3.8, 4) is 0 Å². The molecule has 0 saturated heterocycles. The van der Waals surface area contributed by atoms with E-state index >= 15 is 0 Å². The second kappa shape index (κ2) is 6.54. The highest BCUT2D eigenvalue weighted by Gasteiger charge is 2.17. The molecule has 0 saturated carbocycles. The number of anilines is 1. The first-order valence-corrected chi connectivity index (χ1v) is 8.51. The first kappa shape index (κ1) is 16.9. The van der Waals surface area contributed by atoms with Gasteiger partial charge in [0, 0.05) is 12.1 Å². The summed E-state index contributed by atoms with van der Waals surface area (Å²) in [7, 11) is -3.30. The van der Waals surface area contributed by atoms with Crippen LogP contribution < -0.4 is 10.5 Å². The molecule has 0 spiro atoms. The Bertz CT molecular complexity index is 558. The Morgan fingerprint density at radius 2 is 1.80 bits per heavy atom. The molecule has 0 aromatic heterocycles. The molecule has 0 aliphatic carbocycles. The van der Waals surface area contributed by atoms with E-state index in [9.17, 15) is 8.42 Å². The molecule has 0 aliphatic rings.